The first-order chi connectivity index (χ1) is 17.1. The Morgan fingerprint density at radius 2 is 1.17 bits per heavy atom. The van der Waals surface area contributed by atoms with Crippen molar-refractivity contribution in [3.63, 3.8) is 0 Å². The van der Waals surface area contributed by atoms with E-state index in [9.17, 15) is 5.26 Å². The van der Waals surface area contributed by atoms with Gasteiger partial charge in [0.2, 0.25) is 0 Å². The molecule has 0 aliphatic heterocycles. The third-order valence-electron chi connectivity index (χ3n) is 7.18. The van der Waals surface area contributed by atoms with Crippen LogP contribution < -0.4 is 9.47 Å². The average Bonchev–Trinajstić information content (AvgIpc) is 2.89. The van der Waals surface area contributed by atoms with Crippen molar-refractivity contribution in [2.24, 2.45) is 0 Å². The second-order valence-corrected chi connectivity index (χ2v) is 10.3. The molecule has 0 saturated heterocycles. The standard InChI is InChI=1S/C33H33NO2/c1-23-10-11-24(22-34)31(20-23)36-30-18-14-26(15-19-30)33(4,5)28-9-7-8-27(21-28)32(2,3)25-12-16-29(35-6)17-13-25/h7-21H,1-6H3. The van der Waals surface area contributed by atoms with Crippen molar-refractivity contribution in [1.29, 1.82) is 5.26 Å². The van der Waals surface area contributed by atoms with Crippen molar-refractivity contribution >= 4 is 0 Å². The summed E-state index contributed by atoms with van der Waals surface area (Å²) in [5.74, 6) is 2.16. The predicted octanol–water partition coefficient (Wildman–Crippen LogP) is 8.32. The fraction of sp³-hybridized carbons (Fsp3) is 0.242. The smallest absolute Gasteiger partial charge is 0.145 e. The van der Waals surface area contributed by atoms with Gasteiger partial charge in [0.15, 0.2) is 0 Å². The fourth-order valence-electron chi connectivity index (χ4n) is 4.51. The summed E-state index contributed by atoms with van der Waals surface area (Å²) in [5.41, 5.74) is 6.18. The Bertz CT molecular complexity index is 1390. The van der Waals surface area contributed by atoms with E-state index in [4.69, 9.17) is 9.47 Å². The van der Waals surface area contributed by atoms with Crippen molar-refractivity contribution in [2.45, 2.75) is 45.4 Å². The molecule has 0 aliphatic rings. The maximum Gasteiger partial charge on any atom is 0.145 e. The summed E-state index contributed by atoms with van der Waals surface area (Å²) < 4.78 is 11.4. The Hall–Kier alpha value is -4.03. The van der Waals surface area contributed by atoms with Crippen LogP contribution in [-0.2, 0) is 10.8 Å². The molecule has 0 saturated carbocycles. The van der Waals surface area contributed by atoms with Crippen molar-refractivity contribution in [3.05, 3.63) is 124 Å². The van der Waals surface area contributed by atoms with Crippen molar-refractivity contribution < 1.29 is 9.47 Å². The molecule has 182 valence electrons. The molecule has 0 atom stereocenters. The van der Waals surface area contributed by atoms with Gasteiger partial charge in [0.05, 0.1) is 12.7 Å². The van der Waals surface area contributed by atoms with Crippen LogP contribution in [0, 0.1) is 18.3 Å². The van der Waals surface area contributed by atoms with E-state index in [2.05, 4.69) is 82.3 Å². The highest BCUT2D eigenvalue weighted by Gasteiger charge is 2.28. The van der Waals surface area contributed by atoms with Gasteiger partial charge in [-0.2, -0.15) is 5.26 Å². The molecule has 0 fully saturated rings. The van der Waals surface area contributed by atoms with Crippen LogP contribution in [0.5, 0.6) is 17.2 Å². The first kappa shape index (κ1) is 25.1. The number of nitrogens with zero attached hydrogens (tertiary/aromatic N) is 1. The molecule has 0 spiro atoms. The largest absolute Gasteiger partial charge is 0.497 e. The van der Waals surface area contributed by atoms with Gasteiger partial charge in [-0.3, -0.25) is 0 Å². The van der Waals surface area contributed by atoms with Crippen LogP contribution in [0.1, 0.15) is 61.1 Å². The van der Waals surface area contributed by atoms with Gasteiger partial charge in [-0.05, 0) is 71.1 Å². The van der Waals surface area contributed by atoms with E-state index < -0.39 is 0 Å². The summed E-state index contributed by atoms with van der Waals surface area (Å²) in [6, 6.07) is 33.2. The highest BCUT2D eigenvalue weighted by Crippen LogP contribution is 2.38. The lowest BCUT2D eigenvalue weighted by atomic mass is 9.73. The number of rotatable bonds is 7. The van der Waals surface area contributed by atoms with Crippen LogP contribution in [0.25, 0.3) is 0 Å². The molecule has 3 nitrogen and oxygen atoms in total. The zero-order valence-electron chi connectivity index (χ0n) is 21.9. The maximum absolute atomic E-state index is 9.40. The summed E-state index contributed by atoms with van der Waals surface area (Å²) in [5, 5.41) is 9.40. The van der Waals surface area contributed by atoms with Gasteiger partial charge in [0.1, 0.15) is 23.3 Å². The lowest BCUT2D eigenvalue weighted by Crippen LogP contribution is -2.22. The Morgan fingerprint density at radius 3 is 1.67 bits per heavy atom. The molecule has 0 N–H and O–H groups in total. The monoisotopic (exact) mass is 475 g/mol. The van der Waals surface area contributed by atoms with Crippen LogP contribution in [0.3, 0.4) is 0 Å². The zero-order chi connectivity index (χ0) is 25.9. The van der Waals surface area contributed by atoms with Gasteiger partial charge >= 0.3 is 0 Å². The number of hydrogen-bond donors (Lipinski definition) is 0. The molecule has 0 aromatic heterocycles. The Labute approximate surface area is 215 Å². The van der Waals surface area contributed by atoms with Gasteiger partial charge in [-0.1, -0.05) is 82.3 Å². The van der Waals surface area contributed by atoms with E-state index in [0.717, 1.165) is 11.3 Å². The predicted molar refractivity (Wildman–Crippen MR) is 146 cm³/mol. The van der Waals surface area contributed by atoms with Crippen LogP contribution in [0.2, 0.25) is 0 Å². The Morgan fingerprint density at radius 1 is 0.639 bits per heavy atom. The summed E-state index contributed by atoms with van der Waals surface area (Å²) in [6.45, 7) is 11.0. The van der Waals surface area contributed by atoms with Gasteiger partial charge in [-0.25, -0.2) is 0 Å². The minimum Gasteiger partial charge on any atom is -0.497 e. The molecule has 0 heterocycles. The van der Waals surface area contributed by atoms with E-state index in [1.54, 1.807) is 13.2 Å². The molecule has 0 bridgehead atoms. The second kappa shape index (κ2) is 9.91. The molecule has 0 aliphatic carbocycles. The van der Waals surface area contributed by atoms with Gasteiger partial charge in [0, 0.05) is 10.8 Å². The number of benzene rings is 4. The van der Waals surface area contributed by atoms with E-state index in [1.807, 2.05) is 43.3 Å². The van der Waals surface area contributed by atoms with E-state index in [-0.39, 0.29) is 10.8 Å². The highest BCUT2D eigenvalue weighted by molar-refractivity contribution is 5.49. The summed E-state index contributed by atoms with van der Waals surface area (Å²) in [6.07, 6.45) is 0. The molecular weight excluding hydrogens is 442 g/mol. The first-order valence-corrected chi connectivity index (χ1v) is 12.2. The molecule has 0 radical (unpaired) electrons. The number of hydrogen-bond acceptors (Lipinski definition) is 3. The molecule has 4 rings (SSSR count). The molecule has 36 heavy (non-hydrogen) atoms. The number of aryl methyl sites for hydroxylation is 1. The molecule has 4 aromatic rings. The fourth-order valence-corrected chi connectivity index (χ4v) is 4.51. The van der Waals surface area contributed by atoms with E-state index in [0.29, 0.717) is 17.1 Å². The van der Waals surface area contributed by atoms with Crippen LogP contribution in [0.4, 0.5) is 0 Å². The summed E-state index contributed by atoms with van der Waals surface area (Å²) >= 11 is 0. The van der Waals surface area contributed by atoms with E-state index in [1.165, 1.54) is 22.3 Å². The van der Waals surface area contributed by atoms with Crippen molar-refractivity contribution in [2.75, 3.05) is 7.11 Å². The summed E-state index contributed by atoms with van der Waals surface area (Å²) in [4.78, 5) is 0. The molecule has 3 heteroatoms. The molecule has 0 amide bonds. The van der Waals surface area contributed by atoms with Crippen LogP contribution >= 0.6 is 0 Å². The van der Waals surface area contributed by atoms with Crippen molar-refractivity contribution in [3.8, 4) is 23.3 Å². The SMILES string of the molecule is COc1ccc(C(C)(C)c2cccc(C(C)(C)c3ccc(Oc4cc(C)ccc4C#N)cc3)c2)cc1. The maximum atomic E-state index is 9.40. The Balaban J connectivity index is 1.60. The molecule has 4 aromatic carbocycles. The van der Waals surface area contributed by atoms with Crippen LogP contribution in [0.15, 0.2) is 91.0 Å². The highest BCUT2D eigenvalue weighted by atomic mass is 16.5. The lowest BCUT2D eigenvalue weighted by Gasteiger charge is -2.31. The van der Waals surface area contributed by atoms with Crippen molar-refractivity contribution in [1.82, 2.24) is 0 Å². The number of nitriles is 1. The number of methoxy groups -OCH3 is 1. The second-order valence-electron chi connectivity index (χ2n) is 10.3. The molecular formula is C33H33NO2. The van der Waals surface area contributed by atoms with Gasteiger partial charge in [0.25, 0.3) is 0 Å². The normalized spacial score (nSPS) is 11.6. The number of ether oxygens (including phenoxy) is 2. The lowest BCUT2D eigenvalue weighted by molar-refractivity contribution is 0.414. The third kappa shape index (κ3) is 4.99. The minimum atomic E-state index is -0.203. The van der Waals surface area contributed by atoms with Gasteiger partial charge in [-0.15, -0.1) is 0 Å². The average molecular weight is 476 g/mol. The van der Waals surface area contributed by atoms with Crippen LogP contribution in [-0.4, -0.2) is 7.11 Å². The third-order valence-corrected chi connectivity index (χ3v) is 7.18. The zero-order valence-corrected chi connectivity index (χ0v) is 21.9. The van der Waals surface area contributed by atoms with E-state index >= 15 is 0 Å². The minimum absolute atomic E-state index is 0.150. The topological polar surface area (TPSA) is 42.2 Å². The van der Waals surface area contributed by atoms with Gasteiger partial charge < -0.3 is 9.47 Å². The first-order valence-electron chi connectivity index (χ1n) is 12.2. The quantitative estimate of drug-likeness (QED) is 0.270. The molecule has 0 unspecified atom stereocenters. The summed E-state index contributed by atoms with van der Waals surface area (Å²) in [7, 11) is 1.69. The Kier molecular flexibility index (Phi) is 6.91.